The fraction of sp³-hybridized carbons (Fsp3) is 0.640. The summed E-state index contributed by atoms with van der Waals surface area (Å²) in [6, 6.07) is 0.0639. The maximum Gasteiger partial charge on any atom is 0.308 e. The van der Waals surface area contributed by atoms with Gasteiger partial charge in [0.1, 0.15) is 6.04 Å². The molecule has 0 fully saturated rings. The van der Waals surface area contributed by atoms with Crippen molar-refractivity contribution >= 4 is 5.97 Å². The minimum atomic E-state index is -0.102. The highest BCUT2D eigenvalue weighted by atomic mass is 16.5. The number of hydrogen-bond donors (Lipinski definition) is 1. The summed E-state index contributed by atoms with van der Waals surface area (Å²) in [5, 5.41) is 3.36. The van der Waals surface area contributed by atoms with Crippen molar-refractivity contribution in [2.45, 2.75) is 80.7 Å². The Bertz CT molecular complexity index is 678. The van der Waals surface area contributed by atoms with Gasteiger partial charge in [-0.15, -0.1) is 0 Å². The molecule has 3 heteroatoms. The third kappa shape index (κ3) is 9.83. The summed E-state index contributed by atoms with van der Waals surface area (Å²) in [4.78, 5) is 12.0. The van der Waals surface area contributed by atoms with E-state index in [2.05, 4.69) is 63.9 Å². The van der Waals surface area contributed by atoms with E-state index in [1.807, 2.05) is 32.9 Å². The molecule has 1 rings (SSSR count). The third-order valence-electron chi connectivity index (χ3n) is 4.56. The number of ether oxygens (including phenoxy) is 1. The molecule has 0 aromatic carbocycles. The van der Waals surface area contributed by atoms with Crippen LogP contribution in [0.25, 0.3) is 0 Å². The predicted octanol–water partition coefficient (Wildman–Crippen LogP) is 5.79. The largest absolute Gasteiger partial charge is 0.466 e. The quantitative estimate of drug-likeness (QED) is 0.445. The average molecular weight is 386 g/mol. The Hall–Kier alpha value is -1.95. The fourth-order valence-electron chi connectivity index (χ4n) is 3.70. The summed E-state index contributed by atoms with van der Waals surface area (Å²) in [6.07, 6.45) is 11.0. The molecule has 28 heavy (non-hydrogen) atoms. The molecular formula is C25H39NO2. The maximum atomic E-state index is 12.0. The zero-order chi connectivity index (χ0) is 21.4. The van der Waals surface area contributed by atoms with Crippen molar-refractivity contribution in [3.8, 4) is 11.8 Å². The van der Waals surface area contributed by atoms with Crippen LogP contribution >= 0.6 is 0 Å². The van der Waals surface area contributed by atoms with E-state index in [0.29, 0.717) is 6.61 Å². The molecule has 1 heterocycles. The van der Waals surface area contributed by atoms with Crippen molar-refractivity contribution in [3.05, 3.63) is 35.6 Å². The smallest absolute Gasteiger partial charge is 0.308 e. The first kappa shape index (κ1) is 24.1. The van der Waals surface area contributed by atoms with Gasteiger partial charge < -0.3 is 10.1 Å². The normalized spacial score (nSPS) is 18.5. The number of carbonyl (C=O) groups excluding carboxylic acids is 1. The summed E-state index contributed by atoms with van der Waals surface area (Å²) < 4.78 is 5.18. The van der Waals surface area contributed by atoms with E-state index >= 15 is 0 Å². The molecule has 0 spiro atoms. The second-order valence-electron chi connectivity index (χ2n) is 9.88. The second-order valence-corrected chi connectivity index (χ2v) is 9.88. The Labute approximate surface area is 172 Å². The van der Waals surface area contributed by atoms with Crippen LogP contribution in [-0.4, -0.2) is 18.6 Å². The highest BCUT2D eigenvalue weighted by Gasteiger charge is 2.28. The van der Waals surface area contributed by atoms with Crippen LogP contribution in [0.15, 0.2) is 35.6 Å². The van der Waals surface area contributed by atoms with Gasteiger partial charge in [-0.25, -0.2) is 0 Å². The summed E-state index contributed by atoms with van der Waals surface area (Å²) in [6.45, 7) is 17.5. The van der Waals surface area contributed by atoms with Crippen LogP contribution in [0.5, 0.6) is 0 Å². The second kappa shape index (κ2) is 10.6. The van der Waals surface area contributed by atoms with E-state index in [1.54, 1.807) is 0 Å². The lowest BCUT2D eigenvalue weighted by Crippen LogP contribution is -2.25. The first-order valence-electron chi connectivity index (χ1n) is 10.4. The van der Waals surface area contributed by atoms with Crippen LogP contribution in [-0.2, 0) is 9.53 Å². The van der Waals surface area contributed by atoms with Gasteiger partial charge in [-0.3, -0.25) is 4.79 Å². The van der Waals surface area contributed by atoms with Gasteiger partial charge >= 0.3 is 5.97 Å². The van der Waals surface area contributed by atoms with E-state index in [9.17, 15) is 4.79 Å². The highest BCUT2D eigenvalue weighted by Crippen LogP contribution is 2.37. The Morgan fingerprint density at radius 1 is 1.29 bits per heavy atom. The molecule has 0 bridgehead atoms. The molecule has 1 N–H and O–H groups in total. The molecular weight excluding hydrogens is 346 g/mol. The minimum absolute atomic E-state index is 0.00720. The number of esters is 1. The van der Waals surface area contributed by atoms with E-state index in [-0.39, 0.29) is 28.8 Å². The monoisotopic (exact) mass is 385 g/mol. The minimum Gasteiger partial charge on any atom is -0.466 e. The van der Waals surface area contributed by atoms with Crippen LogP contribution < -0.4 is 5.32 Å². The van der Waals surface area contributed by atoms with Crippen molar-refractivity contribution in [1.29, 1.82) is 0 Å². The number of dihydropyridines is 1. The Kier molecular flexibility index (Phi) is 9.08. The van der Waals surface area contributed by atoms with Gasteiger partial charge in [-0.1, -0.05) is 71.1 Å². The Balaban J connectivity index is 2.88. The topological polar surface area (TPSA) is 38.3 Å². The molecule has 3 nitrogen and oxygen atoms in total. The first-order chi connectivity index (χ1) is 12.9. The Morgan fingerprint density at radius 3 is 2.54 bits per heavy atom. The third-order valence-corrected chi connectivity index (χ3v) is 4.56. The van der Waals surface area contributed by atoms with Crippen LogP contribution in [0.4, 0.5) is 0 Å². The van der Waals surface area contributed by atoms with Crippen LogP contribution in [0, 0.1) is 28.6 Å². The van der Waals surface area contributed by atoms with Crippen molar-refractivity contribution in [1.82, 2.24) is 5.32 Å². The number of carbonyl (C=O) groups is 1. The molecule has 1 aliphatic heterocycles. The van der Waals surface area contributed by atoms with Crippen LogP contribution in [0.2, 0.25) is 0 Å². The molecule has 0 saturated carbocycles. The zero-order valence-corrected chi connectivity index (χ0v) is 19.1. The summed E-state index contributed by atoms with van der Waals surface area (Å²) in [5.41, 5.74) is 2.68. The number of allylic oxidation sites excluding steroid dienone is 5. The van der Waals surface area contributed by atoms with Crippen molar-refractivity contribution < 1.29 is 9.53 Å². The van der Waals surface area contributed by atoms with Crippen molar-refractivity contribution in [2.75, 3.05) is 6.61 Å². The molecule has 0 saturated heterocycles. The standard InChI is InChI=1S/C25H39NO2/c1-9-28-23(27)19(2)16-25(7,8)18-21(17-24(4,5)6)13-11-15-22-14-10-12-20(3)26-22/h10,12-14,19,22,26H,9,16-18H2,1-8H3/b21-13+. The fourth-order valence-corrected chi connectivity index (χ4v) is 3.70. The van der Waals surface area contributed by atoms with Crippen LogP contribution in [0.1, 0.15) is 74.7 Å². The van der Waals surface area contributed by atoms with Gasteiger partial charge in [0.25, 0.3) is 0 Å². The molecule has 0 radical (unpaired) electrons. The number of nitrogens with one attached hydrogen (secondary N) is 1. The van der Waals surface area contributed by atoms with Gasteiger partial charge in [0.15, 0.2) is 0 Å². The van der Waals surface area contributed by atoms with Crippen molar-refractivity contribution in [2.24, 2.45) is 16.7 Å². The number of rotatable bonds is 7. The molecule has 2 atom stereocenters. The molecule has 0 aliphatic carbocycles. The maximum absolute atomic E-state index is 12.0. The molecule has 0 amide bonds. The van der Waals surface area contributed by atoms with E-state index < -0.39 is 0 Å². The van der Waals surface area contributed by atoms with E-state index in [4.69, 9.17) is 4.74 Å². The molecule has 2 unspecified atom stereocenters. The zero-order valence-electron chi connectivity index (χ0n) is 19.1. The lowest BCUT2D eigenvalue weighted by molar-refractivity contribution is -0.148. The molecule has 156 valence electrons. The first-order valence-corrected chi connectivity index (χ1v) is 10.4. The van der Waals surface area contributed by atoms with Gasteiger partial charge in [-0.05, 0) is 56.1 Å². The van der Waals surface area contributed by atoms with Gasteiger partial charge in [-0.2, -0.15) is 0 Å². The number of hydrogen-bond acceptors (Lipinski definition) is 3. The van der Waals surface area contributed by atoms with E-state index in [0.717, 1.165) is 25.0 Å². The van der Waals surface area contributed by atoms with Gasteiger partial charge in [0.05, 0.1) is 12.5 Å². The summed E-state index contributed by atoms with van der Waals surface area (Å²) >= 11 is 0. The summed E-state index contributed by atoms with van der Waals surface area (Å²) in [5.74, 6) is 6.37. The molecule has 0 aromatic heterocycles. The molecule has 1 aliphatic rings. The summed E-state index contributed by atoms with van der Waals surface area (Å²) in [7, 11) is 0. The van der Waals surface area contributed by atoms with E-state index in [1.165, 1.54) is 5.57 Å². The predicted molar refractivity (Wildman–Crippen MR) is 119 cm³/mol. The van der Waals surface area contributed by atoms with Gasteiger partial charge in [0.2, 0.25) is 0 Å². The van der Waals surface area contributed by atoms with Crippen molar-refractivity contribution in [3.63, 3.8) is 0 Å². The molecule has 0 aromatic rings. The SMILES string of the molecule is CCOC(=O)C(C)CC(C)(C)C/C(=C/C#CC1C=CC=C(C)N1)CC(C)(C)C. The lowest BCUT2D eigenvalue weighted by atomic mass is 9.75. The lowest BCUT2D eigenvalue weighted by Gasteiger charge is -2.30. The Morgan fingerprint density at radius 2 is 1.96 bits per heavy atom. The average Bonchev–Trinajstić information content (AvgIpc) is 2.52. The van der Waals surface area contributed by atoms with Gasteiger partial charge in [0, 0.05) is 5.70 Å². The van der Waals surface area contributed by atoms with Crippen LogP contribution in [0.3, 0.4) is 0 Å². The highest BCUT2D eigenvalue weighted by molar-refractivity contribution is 5.72.